The van der Waals surface area contributed by atoms with E-state index in [4.69, 9.17) is 16.1 Å². The van der Waals surface area contributed by atoms with Gasteiger partial charge < -0.3 is 4.52 Å². The molecule has 0 aliphatic rings. The van der Waals surface area contributed by atoms with Crippen molar-refractivity contribution in [3.63, 3.8) is 0 Å². The Bertz CT molecular complexity index is 1370. The van der Waals surface area contributed by atoms with Gasteiger partial charge in [0.15, 0.2) is 11.2 Å². The van der Waals surface area contributed by atoms with Crippen molar-refractivity contribution in [1.29, 1.82) is 0 Å². The second kappa shape index (κ2) is 7.53. The molecule has 30 heavy (non-hydrogen) atoms. The third kappa shape index (κ3) is 3.46. The van der Waals surface area contributed by atoms with Crippen molar-refractivity contribution in [3.8, 4) is 11.4 Å². The van der Waals surface area contributed by atoms with Crippen molar-refractivity contribution in [2.24, 2.45) is 0 Å². The van der Waals surface area contributed by atoms with Crippen LogP contribution in [0.2, 0.25) is 5.02 Å². The molecule has 0 unspecified atom stereocenters. The fourth-order valence-corrected chi connectivity index (χ4v) is 3.17. The number of nitrogens with zero attached hydrogens (tertiary/aromatic N) is 7. The van der Waals surface area contributed by atoms with E-state index in [2.05, 4.69) is 25.4 Å². The van der Waals surface area contributed by atoms with Gasteiger partial charge in [-0.1, -0.05) is 52.3 Å². The zero-order valence-electron chi connectivity index (χ0n) is 15.5. The summed E-state index contributed by atoms with van der Waals surface area (Å²) in [5, 5.41) is 12.7. The van der Waals surface area contributed by atoms with Crippen molar-refractivity contribution in [2.75, 3.05) is 0 Å². The van der Waals surface area contributed by atoms with Crippen molar-refractivity contribution in [3.05, 3.63) is 87.8 Å². The molecular formula is C20H14ClN7O2. The van der Waals surface area contributed by atoms with E-state index in [1.54, 1.807) is 28.9 Å². The van der Waals surface area contributed by atoms with E-state index in [9.17, 15) is 4.79 Å². The first-order valence-electron chi connectivity index (χ1n) is 9.08. The van der Waals surface area contributed by atoms with Crippen molar-refractivity contribution in [2.45, 2.75) is 13.1 Å². The molecule has 3 aromatic heterocycles. The lowest BCUT2D eigenvalue weighted by atomic mass is 10.2. The molecule has 0 fully saturated rings. The lowest BCUT2D eigenvalue weighted by Crippen LogP contribution is -2.21. The van der Waals surface area contributed by atoms with Crippen LogP contribution in [0.15, 0.2) is 70.2 Å². The maximum absolute atomic E-state index is 12.8. The molecule has 0 amide bonds. The average molecular weight is 420 g/mol. The molecular weight excluding hydrogens is 406 g/mol. The zero-order valence-corrected chi connectivity index (χ0v) is 16.3. The number of benzene rings is 2. The quantitative estimate of drug-likeness (QED) is 0.431. The number of halogens is 1. The third-order valence-corrected chi connectivity index (χ3v) is 4.80. The first-order valence-corrected chi connectivity index (χ1v) is 9.46. The van der Waals surface area contributed by atoms with E-state index >= 15 is 0 Å². The molecule has 0 spiro atoms. The summed E-state index contributed by atoms with van der Waals surface area (Å²) >= 11 is 5.90. The smallest absolute Gasteiger partial charge is 0.283 e. The highest BCUT2D eigenvalue weighted by atomic mass is 35.5. The first-order chi connectivity index (χ1) is 14.7. The van der Waals surface area contributed by atoms with E-state index in [0.29, 0.717) is 23.0 Å². The molecule has 0 aliphatic heterocycles. The molecule has 0 N–H and O–H groups in total. The van der Waals surface area contributed by atoms with Crippen LogP contribution in [-0.4, -0.2) is 34.7 Å². The van der Waals surface area contributed by atoms with Gasteiger partial charge >= 0.3 is 0 Å². The summed E-state index contributed by atoms with van der Waals surface area (Å²) in [5.74, 6) is 0.692. The summed E-state index contributed by atoms with van der Waals surface area (Å²) in [6.45, 7) is 0.551. The number of rotatable bonds is 5. The molecule has 2 aromatic carbocycles. The van der Waals surface area contributed by atoms with Gasteiger partial charge in [-0.05, 0) is 29.8 Å². The summed E-state index contributed by atoms with van der Waals surface area (Å²) in [4.78, 5) is 21.5. The molecule has 0 saturated heterocycles. The van der Waals surface area contributed by atoms with Crippen molar-refractivity contribution in [1.82, 2.24) is 34.7 Å². The van der Waals surface area contributed by atoms with Gasteiger partial charge in [0.25, 0.3) is 5.56 Å². The molecule has 0 atom stereocenters. The lowest BCUT2D eigenvalue weighted by molar-refractivity contribution is 0.369. The number of aromatic nitrogens is 7. The third-order valence-electron chi connectivity index (χ3n) is 4.54. The van der Waals surface area contributed by atoms with Crippen LogP contribution in [0.5, 0.6) is 0 Å². The van der Waals surface area contributed by atoms with Crippen LogP contribution >= 0.6 is 11.6 Å². The number of hydrogen-bond acceptors (Lipinski definition) is 7. The molecule has 0 bridgehead atoms. The number of fused-ring (bicyclic) bond motifs is 1. The van der Waals surface area contributed by atoms with Crippen molar-refractivity contribution < 1.29 is 4.52 Å². The van der Waals surface area contributed by atoms with Gasteiger partial charge in [-0.2, -0.15) is 4.98 Å². The fourth-order valence-electron chi connectivity index (χ4n) is 3.04. The SMILES string of the molecule is O=c1c2nnn(Cc3ccccc3)c2ncn1Cc1nc(-c2ccc(Cl)cc2)no1. The highest BCUT2D eigenvalue weighted by Crippen LogP contribution is 2.18. The molecule has 3 heterocycles. The summed E-state index contributed by atoms with van der Waals surface area (Å²) in [6, 6.07) is 16.8. The molecule has 148 valence electrons. The second-order valence-corrected chi connectivity index (χ2v) is 7.04. The van der Waals surface area contributed by atoms with E-state index in [0.717, 1.165) is 11.1 Å². The van der Waals surface area contributed by atoms with E-state index in [-0.39, 0.29) is 23.5 Å². The Kier molecular flexibility index (Phi) is 4.56. The predicted molar refractivity (Wildman–Crippen MR) is 109 cm³/mol. The standard InChI is InChI=1S/C20H14ClN7O2/c21-15-8-6-14(7-9-15)18-23-16(30-25-18)11-27-12-22-19-17(20(27)29)24-26-28(19)10-13-4-2-1-3-5-13/h1-9,12H,10-11H2. The van der Waals surface area contributed by atoms with Crippen LogP contribution in [0, 0.1) is 0 Å². The molecule has 5 aromatic rings. The minimum Gasteiger partial charge on any atom is -0.337 e. The van der Waals surface area contributed by atoms with Gasteiger partial charge in [0, 0.05) is 10.6 Å². The van der Waals surface area contributed by atoms with Gasteiger partial charge in [0.05, 0.1) is 6.54 Å². The fraction of sp³-hybridized carbons (Fsp3) is 0.100. The van der Waals surface area contributed by atoms with Crippen LogP contribution in [0.4, 0.5) is 0 Å². The summed E-state index contributed by atoms with van der Waals surface area (Å²) in [5.41, 5.74) is 2.08. The highest BCUT2D eigenvalue weighted by Gasteiger charge is 2.15. The summed E-state index contributed by atoms with van der Waals surface area (Å²) in [7, 11) is 0. The molecule has 5 rings (SSSR count). The minimum atomic E-state index is -0.328. The minimum absolute atomic E-state index is 0.0773. The topological polar surface area (TPSA) is 105 Å². The number of hydrogen-bond donors (Lipinski definition) is 0. The van der Waals surface area contributed by atoms with Crippen molar-refractivity contribution >= 4 is 22.8 Å². The maximum atomic E-state index is 12.8. The van der Waals surface area contributed by atoms with Gasteiger partial charge in [-0.3, -0.25) is 9.36 Å². The van der Waals surface area contributed by atoms with Gasteiger partial charge in [0.1, 0.15) is 12.9 Å². The zero-order chi connectivity index (χ0) is 20.5. The Morgan fingerprint density at radius 2 is 1.80 bits per heavy atom. The molecule has 10 heteroatoms. The molecule has 0 saturated carbocycles. The predicted octanol–water partition coefficient (Wildman–Crippen LogP) is 2.79. The van der Waals surface area contributed by atoms with Gasteiger partial charge in [-0.15, -0.1) is 5.10 Å². The van der Waals surface area contributed by atoms with Crippen LogP contribution in [-0.2, 0) is 13.1 Å². The van der Waals surface area contributed by atoms with E-state index in [1.807, 2.05) is 30.3 Å². The Hall–Kier alpha value is -3.85. The monoisotopic (exact) mass is 419 g/mol. The second-order valence-electron chi connectivity index (χ2n) is 6.60. The largest absolute Gasteiger partial charge is 0.337 e. The molecule has 0 aliphatic carbocycles. The van der Waals surface area contributed by atoms with Gasteiger partial charge in [0.2, 0.25) is 11.7 Å². The summed E-state index contributed by atoms with van der Waals surface area (Å²) in [6.07, 6.45) is 1.43. The maximum Gasteiger partial charge on any atom is 0.283 e. The van der Waals surface area contributed by atoms with Crippen LogP contribution in [0.25, 0.3) is 22.6 Å². The molecule has 0 radical (unpaired) electrons. The van der Waals surface area contributed by atoms with Gasteiger partial charge in [-0.25, -0.2) is 9.67 Å². The van der Waals surface area contributed by atoms with E-state index < -0.39 is 0 Å². The normalized spacial score (nSPS) is 11.2. The Morgan fingerprint density at radius 1 is 1.00 bits per heavy atom. The van der Waals surface area contributed by atoms with Crippen LogP contribution in [0.3, 0.4) is 0 Å². The van der Waals surface area contributed by atoms with Crippen LogP contribution < -0.4 is 5.56 Å². The highest BCUT2D eigenvalue weighted by molar-refractivity contribution is 6.30. The molecule has 9 nitrogen and oxygen atoms in total. The van der Waals surface area contributed by atoms with Crippen LogP contribution in [0.1, 0.15) is 11.5 Å². The first kappa shape index (κ1) is 18.2. The summed E-state index contributed by atoms with van der Waals surface area (Å²) < 4.78 is 8.24. The lowest BCUT2D eigenvalue weighted by Gasteiger charge is -2.03. The van der Waals surface area contributed by atoms with E-state index in [1.165, 1.54) is 10.9 Å². The Labute approximate surface area is 174 Å². The Morgan fingerprint density at radius 3 is 2.60 bits per heavy atom. The Balaban J connectivity index is 1.41. The average Bonchev–Trinajstić information content (AvgIpc) is 3.39.